The first-order valence-corrected chi connectivity index (χ1v) is 8.42. The van der Waals surface area contributed by atoms with Crippen LogP contribution in [0.1, 0.15) is 21.5 Å². The lowest BCUT2D eigenvalue weighted by atomic mass is 10.1. The molecule has 0 saturated carbocycles. The second-order valence-corrected chi connectivity index (χ2v) is 6.53. The minimum absolute atomic E-state index is 0.262. The number of amides is 1. The van der Waals surface area contributed by atoms with Gasteiger partial charge in [-0.25, -0.2) is 0 Å². The van der Waals surface area contributed by atoms with Crippen molar-refractivity contribution in [2.75, 3.05) is 0 Å². The van der Waals surface area contributed by atoms with Gasteiger partial charge in [0.25, 0.3) is 5.91 Å². The molecule has 0 atom stereocenters. The Balaban J connectivity index is 1.86. The van der Waals surface area contributed by atoms with Crippen LogP contribution in [0.25, 0.3) is 0 Å². The fourth-order valence-corrected chi connectivity index (χ4v) is 2.99. The van der Waals surface area contributed by atoms with Crippen molar-refractivity contribution in [3.8, 4) is 0 Å². The SMILES string of the molecule is Cc1ccc(Cn2ccsc2=NC(=O)c2ccc(Cl)cc2)cc1. The Morgan fingerprint density at radius 3 is 2.52 bits per heavy atom. The molecule has 2 aromatic carbocycles. The summed E-state index contributed by atoms with van der Waals surface area (Å²) >= 11 is 7.29. The summed E-state index contributed by atoms with van der Waals surface area (Å²) in [4.78, 5) is 17.2. The summed E-state index contributed by atoms with van der Waals surface area (Å²) in [5, 5.41) is 2.54. The highest BCUT2D eigenvalue weighted by molar-refractivity contribution is 7.07. The molecule has 1 heterocycles. The van der Waals surface area contributed by atoms with Crippen molar-refractivity contribution in [1.82, 2.24) is 4.57 Å². The number of halogens is 1. The summed E-state index contributed by atoms with van der Waals surface area (Å²) in [6, 6.07) is 15.1. The number of aryl methyl sites for hydroxylation is 1. The standard InChI is InChI=1S/C18H15ClN2OS/c1-13-2-4-14(5-3-13)12-21-10-11-23-18(21)20-17(22)15-6-8-16(19)9-7-15/h2-11H,12H2,1H3. The molecule has 1 amide bonds. The summed E-state index contributed by atoms with van der Waals surface area (Å²) in [5.41, 5.74) is 2.94. The normalized spacial score (nSPS) is 11.7. The Bertz CT molecular complexity index is 876. The molecule has 0 aliphatic rings. The summed E-state index contributed by atoms with van der Waals surface area (Å²) in [7, 11) is 0. The Morgan fingerprint density at radius 2 is 1.83 bits per heavy atom. The van der Waals surface area contributed by atoms with Gasteiger partial charge in [0.05, 0.1) is 0 Å². The van der Waals surface area contributed by atoms with E-state index in [0.29, 0.717) is 21.9 Å². The van der Waals surface area contributed by atoms with E-state index in [9.17, 15) is 4.79 Å². The van der Waals surface area contributed by atoms with Crippen LogP contribution in [-0.4, -0.2) is 10.5 Å². The fourth-order valence-electron chi connectivity index (χ4n) is 2.14. The highest BCUT2D eigenvalue weighted by Gasteiger charge is 2.05. The number of nitrogens with zero attached hydrogens (tertiary/aromatic N) is 2. The summed E-state index contributed by atoms with van der Waals surface area (Å²) in [5.74, 6) is -0.262. The van der Waals surface area contributed by atoms with Crippen LogP contribution in [0.5, 0.6) is 0 Å². The van der Waals surface area contributed by atoms with Crippen molar-refractivity contribution >= 4 is 28.8 Å². The Kier molecular flexibility index (Phi) is 4.74. The zero-order valence-corrected chi connectivity index (χ0v) is 14.1. The van der Waals surface area contributed by atoms with Gasteiger partial charge in [-0.2, -0.15) is 4.99 Å². The number of aromatic nitrogens is 1. The lowest BCUT2D eigenvalue weighted by molar-refractivity contribution is 0.0998. The first kappa shape index (κ1) is 15.7. The smallest absolute Gasteiger partial charge is 0.279 e. The summed E-state index contributed by atoms with van der Waals surface area (Å²) < 4.78 is 1.98. The number of thiazole rings is 1. The maximum absolute atomic E-state index is 12.3. The zero-order chi connectivity index (χ0) is 16.2. The Morgan fingerprint density at radius 1 is 1.13 bits per heavy atom. The topological polar surface area (TPSA) is 34.4 Å². The van der Waals surface area contributed by atoms with Gasteiger partial charge in [0.15, 0.2) is 4.80 Å². The van der Waals surface area contributed by atoms with Gasteiger partial charge in [-0.3, -0.25) is 4.79 Å². The van der Waals surface area contributed by atoms with Crippen molar-refractivity contribution in [2.45, 2.75) is 13.5 Å². The molecule has 116 valence electrons. The zero-order valence-electron chi connectivity index (χ0n) is 12.6. The first-order chi connectivity index (χ1) is 11.1. The first-order valence-electron chi connectivity index (χ1n) is 7.16. The van der Waals surface area contributed by atoms with Crippen LogP contribution in [0, 0.1) is 6.92 Å². The average Bonchev–Trinajstić information content (AvgIpc) is 2.97. The molecule has 0 aliphatic heterocycles. The van der Waals surface area contributed by atoms with Crippen LogP contribution >= 0.6 is 22.9 Å². The van der Waals surface area contributed by atoms with Gasteiger partial charge in [0.2, 0.25) is 0 Å². The molecule has 0 N–H and O–H groups in total. The Labute approximate surface area is 143 Å². The van der Waals surface area contributed by atoms with E-state index in [0.717, 1.165) is 0 Å². The van der Waals surface area contributed by atoms with Gasteiger partial charge in [0, 0.05) is 28.7 Å². The van der Waals surface area contributed by atoms with E-state index in [1.165, 1.54) is 22.5 Å². The van der Waals surface area contributed by atoms with Crippen LogP contribution in [0.4, 0.5) is 0 Å². The van der Waals surface area contributed by atoms with Crippen molar-refractivity contribution in [2.24, 2.45) is 4.99 Å². The maximum atomic E-state index is 12.3. The third-order valence-corrected chi connectivity index (χ3v) is 4.47. The van der Waals surface area contributed by atoms with E-state index >= 15 is 0 Å². The highest BCUT2D eigenvalue weighted by atomic mass is 35.5. The van der Waals surface area contributed by atoms with Gasteiger partial charge in [-0.05, 0) is 36.8 Å². The molecular formula is C18H15ClN2OS. The van der Waals surface area contributed by atoms with Gasteiger partial charge in [-0.1, -0.05) is 41.4 Å². The molecule has 0 unspecified atom stereocenters. The summed E-state index contributed by atoms with van der Waals surface area (Å²) in [6.07, 6.45) is 1.94. The highest BCUT2D eigenvalue weighted by Crippen LogP contribution is 2.10. The molecule has 5 heteroatoms. The lowest BCUT2D eigenvalue weighted by Gasteiger charge is -2.04. The van der Waals surface area contributed by atoms with Gasteiger partial charge >= 0.3 is 0 Å². The van der Waals surface area contributed by atoms with Gasteiger partial charge in [-0.15, -0.1) is 11.3 Å². The van der Waals surface area contributed by atoms with E-state index < -0.39 is 0 Å². The molecule has 0 spiro atoms. The minimum atomic E-state index is -0.262. The second kappa shape index (κ2) is 6.94. The number of hydrogen-bond acceptors (Lipinski definition) is 2. The maximum Gasteiger partial charge on any atom is 0.279 e. The molecule has 23 heavy (non-hydrogen) atoms. The quantitative estimate of drug-likeness (QED) is 0.698. The number of hydrogen-bond donors (Lipinski definition) is 0. The van der Waals surface area contributed by atoms with Crippen molar-refractivity contribution < 1.29 is 4.79 Å². The fraction of sp³-hybridized carbons (Fsp3) is 0.111. The monoisotopic (exact) mass is 342 g/mol. The van der Waals surface area contributed by atoms with E-state index in [1.807, 2.05) is 16.1 Å². The predicted molar refractivity (Wildman–Crippen MR) is 93.9 cm³/mol. The van der Waals surface area contributed by atoms with E-state index in [1.54, 1.807) is 24.3 Å². The average molecular weight is 343 g/mol. The van der Waals surface area contributed by atoms with Crippen LogP contribution in [-0.2, 0) is 6.54 Å². The second-order valence-electron chi connectivity index (χ2n) is 5.22. The van der Waals surface area contributed by atoms with Crippen LogP contribution in [0.3, 0.4) is 0 Å². The van der Waals surface area contributed by atoms with Crippen LogP contribution < -0.4 is 4.80 Å². The third kappa shape index (κ3) is 3.97. The number of rotatable bonds is 3. The predicted octanol–water partition coefficient (Wildman–Crippen LogP) is 4.30. The van der Waals surface area contributed by atoms with Gasteiger partial charge < -0.3 is 4.57 Å². The minimum Gasteiger partial charge on any atom is -0.319 e. The third-order valence-electron chi connectivity index (χ3n) is 3.42. The Hall–Kier alpha value is -2.17. The van der Waals surface area contributed by atoms with Gasteiger partial charge in [0.1, 0.15) is 0 Å². The molecular weight excluding hydrogens is 328 g/mol. The number of benzene rings is 2. The molecule has 3 aromatic rings. The molecule has 0 bridgehead atoms. The molecule has 0 radical (unpaired) electrons. The van der Waals surface area contributed by atoms with E-state index in [-0.39, 0.29) is 5.91 Å². The van der Waals surface area contributed by atoms with Crippen LogP contribution in [0.2, 0.25) is 5.02 Å². The molecule has 3 nitrogen and oxygen atoms in total. The van der Waals surface area contributed by atoms with Crippen molar-refractivity contribution in [1.29, 1.82) is 0 Å². The molecule has 0 saturated heterocycles. The summed E-state index contributed by atoms with van der Waals surface area (Å²) in [6.45, 7) is 2.75. The van der Waals surface area contributed by atoms with Crippen molar-refractivity contribution in [3.63, 3.8) is 0 Å². The van der Waals surface area contributed by atoms with E-state index in [4.69, 9.17) is 11.6 Å². The largest absolute Gasteiger partial charge is 0.319 e. The number of carbonyl (C=O) groups is 1. The molecule has 0 aliphatic carbocycles. The molecule has 3 rings (SSSR count). The van der Waals surface area contributed by atoms with Crippen LogP contribution in [0.15, 0.2) is 65.1 Å². The number of carbonyl (C=O) groups excluding carboxylic acids is 1. The van der Waals surface area contributed by atoms with Crippen molar-refractivity contribution in [3.05, 3.63) is 86.6 Å². The lowest BCUT2D eigenvalue weighted by Crippen LogP contribution is -2.17. The molecule has 0 fully saturated rings. The molecule has 1 aromatic heterocycles. The van der Waals surface area contributed by atoms with E-state index in [2.05, 4.69) is 36.2 Å².